The quantitative estimate of drug-likeness (QED) is 0.784. The number of aromatic amines is 1. The van der Waals surface area contributed by atoms with Gasteiger partial charge in [-0.3, -0.25) is 4.79 Å². The molecule has 16 heavy (non-hydrogen) atoms. The van der Waals surface area contributed by atoms with E-state index in [1.54, 1.807) is 0 Å². The number of rotatable bonds is 1. The highest BCUT2D eigenvalue weighted by Crippen LogP contribution is 2.24. The standard InChI is InChI=1S/C12H13N3O/c16-12-10-6-2-1-5-9(10)11(13-14-12)15-7-3-4-8-15/h1-2,5-6H,3-4,7-8H2,(H,14,16). The minimum Gasteiger partial charge on any atom is -0.355 e. The van der Waals surface area contributed by atoms with Crippen LogP contribution in [-0.4, -0.2) is 23.3 Å². The van der Waals surface area contributed by atoms with Crippen molar-refractivity contribution in [3.8, 4) is 0 Å². The third kappa shape index (κ3) is 1.38. The van der Waals surface area contributed by atoms with Crippen LogP contribution in [0.2, 0.25) is 0 Å². The van der Waals surface area contributed by atoms with E-state index < -0.39 is 0 Å². The lowest BCUT2D eigenvalue weighted by molar-refractivity contribution is 0.895. The normalized spacial score (nSPS) is 15.9. The van der Waals surface area contributed by atoms with Crippen LogP contribution in [0.3, 0.4) is 0 Å². The minimum absolute atomic E-state index is 0.112. The molecule has 0 atom stereocenters. The first-order valence-electron chi connectivity index (χ1n) is 5.58. The number of nitrogens with one attached hydrogen (secondary N) is 1. The third-order valence-corrected chi connectivity index (χ3v) is 3.08. The van der Waals surface area contributed by atoms with Crippen molar-refractivity contribution in [3.05, 3.63) is 34.6 Å². The van der Waals surface area contributed by atoms with Gasteiger partial charge in [0.2, 0.25) is 0 Å². The molecule has 1 aliphatic rings. The van der Waals surface area contributed by atoms with E-state index in [1.165, 1.54) is 12.8 Å². The Balaban J connectivity index is 2.25. The molecule has 2 aromatic rings. The summed E-state index contributed by atoms with van der Waals surface area (Å²) in [5.74, 6) is 0.910. The van der Waals surface area contributed by atoms with E-state index in [4.69, 9.17) is 0 Å². The summed E-state index contributed by atoms with van der Waals surface area (Å²) in [5, 5.41) is 8.42. The Morgan fingerprint density at radius 1 is 1.12 bits per heavy atom. The van der Waals surface area contributed by atoms with Crippen molar-refractivity contribution in [2.24, 2.45) is 0 Å². The topological polar surface area (TPSA) is 49.0 Å². The smallest absolute Gasteiger partial charge is 0.272 e. The van der Waals surface area contributed by atoms with Gasteiger partial charge in [0.15, 0.2) is 5.82 Å². The molecule has 1 saturated heterocycles. The summed E-state index contributed by atoms with van der Waals surface area (Å²) in [5.41, 5.74) is -0.112. The van der Waals surface area contributed by atoms with Gasteiger partial charge >= 0.3 is 0 Å². The number of hydrogen-bond donors (Lipinski definition) is 1. The molecule has 0 unspecified atom stereocenters. The van der Waals surface area contributed by atoms with Crippen LogP contribution < -0.4 is 10.5 Å². The molecule has 1 aromatic carbocycles. The van der Waals surface area contributed by atoms with E-state index in [1.807, 2.05) is 24.3 Å². The number of hydrogen-bond acceptors (Lipinski definition) is 3. The Morgan fingerprint density at radius 2 is 1.81 bits per heavy atom. The van der Waals surface area contributed by atoms with E-state index in [-0.39, 0.29) is 5.56 Å². The molecule has 4 nitrogen and oxygen atoms in total. The molecule has 82 valence electrons. The molecular weight excluding hydrogens is 202 g/mol. The predicted octanol–water partition coefficient (Wildman–Crippen LogP) is 1.52. The first-order chi connectivity index (χ1) is 7.86. The number of nitrogens with zero attached hydrogens (tertiary/aromatic N) is 2. The van der Waals surface area contributed by atoms with Crippen LogP contribution in [0.1, 0.15) is 12.8 Å². The van der Waals surface area contributed by atoms with Crippen LogP contribution in [0, 0.1) is 0 Å². The van der Waals surface area contributed by atoms with Gasteiger partial charge in [-0.1, -0.05) is 18.2 Å². The first-order valence-corrected chi connectivity index (χ1v) is 5.58. The summed E-state index contributed by atoms with van der Waals surface area (Å²) in [4.78, 5) is 13.8. The van der Waals surface area contributed by atoms with Crippen LogP contribution in [0.5, 0.6) is 0 Å². The van der Waals surface area contributed by atoms with Crippen LogP contribution in [-0.2, 0) is 0 Å². The highest BCUT2D eigenvalue weighted by molar-refractivity contribution is 5.91. The highest BCUT2D eigenvalue weighted by Gasteiger charge is 2.16. The Kier molecular flexibility index (Phi) is 2.13. The van der Waals surface area contributed by atoms with Gasteiger partial charge in [0.1, 0.15) is 0 Å². The van der Waals surface area contributed by atoms with E-state index >= 15 is 0 Å². The maximum absolute atomic E-state index is 11.6. The van der Waals surface area contributed by atoms with Crippen molar-refractivity contribution in [1.82, 2.24) is 10.2 Å². The monoisotopic (exact) mass is 215 g/mol. The molecular formula is C12H13N3O. The number of anilines is 1. The molecule has 0 radical (unpaired) electrons. The van der Waals surface area contributed by atoms with E-state index in [0.717, 1.165) is 29.7 Å². The molecule has 1 aromatic heterocycles. The zero-order valence-electron chi connectivity index (χ0n) is 8.94. The van der Waals surface area contributed by atoms with Gasteiger partial charge in [-0.25, -0.2) is 5.10 Å². The second kappa shape index (κ2) is 3.63. The molecule has 1 aliphatic heterocycles. The van der Waals surface area contributed by atoms with Crippen LogP contribution in [0.25, 0.3) is 10.8 Å². The Labute approximate surface area is 92.9 Å². The van der Waals surface area contributed by atoms with Crippen molar-refractivity contribution < 1.29 is 0 Å². The van der Waals surface area contributed by atoms with E-state index in [0.29, 0.717) is 0 Å². The molecule has 0 amide bonds. The van der Waals surface area contributed by atoms with Crippen LogP contribution in [0.4, 0.5) is 5.82 Å². The van der Waals surface area contributed by atoms with Crippen molar-refractivity contribution in [3.63, 3.8) is 0 Å². The molecule has 2 heterocycles. The maximum Gasteiger partial charge on any atom is 0.272 e. The summed E-state index contributed by atoms with van der Waals surface area (Å²) in [6, 6.07) is 7.63. The lowest BCUT2D eigenvalue weighted by Crippen LogP contribution is -2.22. The van der Waals surface area contributed by atoms with Crippen LogP contribution in [0.15, 0.2) is 29.1 Å². The van der Waals surface area contributed by atoms with Crippen molar-refractivity contribution in [1.29, 1.82) is 0 Å². The van der Waals surface area contributed by atoms with Gasteiger partial charge < -0.3 is 4.90 Å². The molecule has 4 heteroatoms. The molecule has 0 saturated carbocycles. The summed E-state index contributed by atoms with van der Waals surface area (Å²) < 4.78 is 0. The minimum atomic E-state index is -0.112. The molecule has 3 rings (SSSR count). The Hall–Kier alpha value is -1.84. The predicted molar refractivity (Wildman–Crippen MR) is 63.8 cm³/mol. The highest BCUT2D eigenvalue weighted by atomic mass is 16.1. The Bertz CT molecular complexity index is 570. The summed E-state index contributed by atoms with van der Waals surface area (Å²) >= 11 is 0. The van der Waals surface area contributed by atoms with Crippen molar-refractivity contribution in [2.45, 2.75) is 12.8 Å². The van der Waals surface area contributed by atoms with Gasteiger partial charge in [-0.15, -0.1) is 0 Å². The van der Waals surface area contributed by atoms with Gasteiger partial charge in [0.25, 0.3) is 5.56 Å². The summed E-state index contributed by atoms with van der Waals surface area (Å²) in [7, 11) is 0. The third-order valence-electron chi connectivity index (χ3n) is 3.08. The second-order valence-corrected chi connectivity index (χ2v) is 4.12. The number of H-pyrrole nitrogens is 1. The average molecular weight is 215 g/mol. The summed E-state index contributed by atoms with van der Waals surface area (Å²) in [6.45, 7) is 2.06. The van der Waals surface area contributed by atoms with Gasteiger partial charge in [-0.2, -0.15) is 5.10 Å². The Morgan fingerprint density at radius 3 is 2.56 bits per heavy atom. The van der Waals surface area contributed by atoms with Crippen molar-refractivity contribution in [2.75, 3.05) is 18.0 Å². The molecule has 0 spiro atoms. The number of fused-ring (bicyclic) bond motifs is 1. The van der Waals surface area contributed by atoms with Crippen LogP contribution >= 0.6 is 0 Å². The average Bonchev–Trinajstić information content (AvgIpc) is 2.83. The second-order valence-electron chi connectivity index (χ2n) is 4.12. The van der Waals surface area contributed by atoms with Gasteiger partial charge in [-0.05, 0) is 18.9 Å². The zero-order chi connectivity index (χ0) is 11.0. The molecule has 0 aliphatic carbocycles. The van der Waals surface area contributed by atoms with E-state index in [9.17, 15) is 4.79 Å². The number of aromatic nitrogens is 2. The lowest BCUT2D eigenvalue weighted by Gasteiger charge is -2.17. The molecule has 0 bridgehead atoms. The first kappa shape index (κ1) is 9.39. The van der Waals surface area contributed by atoms with Crippen molar-refractivity contribution >= 4 is 16.6 Å². The zero-order valence-corrected chi connectivity index (χ0v) is 8.94. The van der Waals surface area contributed by atoms with Gasteiger partial charge in [0, 0.05) is 18.5 Å². The SMILES string of the molecule is O=c1[nH]nc(N2CCCC2)c2ccccc12. The fourth-order valence-electron chi connectivity index (χ4n) is 2.27. The number of benzene rings is 1. The largest absolute Gasteiger partial charge is 0.355 e. The van der Waals surface area contributed by atoms with E-state index in [2.05, 4.69) is 15.1 Å². The summed E-state index contributed by atoms with van der Waals surface area (Å²) in [6.07, 6.45) is 2.41. The molecule has 1 N–H and O–H groups in total. The lowest BCUT2D eigenvalue weighted by atomic mass is 10.2. The molecule has 1 fully saturated rings. The fourth-order valence-corrected chi connectivity index (χ4v) is 2.27. The fraction of sp³-hybridized carbons (Fsp3) is 0.333. The maximum atomic E-state index is 11.6. The van der Waals surface area contributed by atoms with Gasteiger partial charge in [0.05, 0.1) is 5.39 Å².